The number of aliphatic hydroxyl groups is 1. The average Bonchev–Trinajstić information content (AvgIpc) is 2.73. The van der Waals surface area contributed by atoms with Crippen LogP contribution < -0.4 is 15.5 Å². The molecule has 0 aliphatic carbocycles. The minimum absolute atomic E-state index is 0.110. The van der Waals surface area contributed by atoms with Gasteiger partial charge in [-0.2, -0.15) is 0 Å². The maximum Gasteiger partial charge on any atom is 0.191 e. The van der Waals surface area contributed by atoms with Gasteiger partial charge in [0.25, 0.3) is 0 Å². The topological polar surface area (TPSA) is 59.9 Å². The third-order valence-electron chi connectivity index (χ3n) is 4.99. The second kappa shape index (κ2) is 10.1. The number of para-hydroxylation sites is 1. The zero-order valence-corrected chi connectivity index (χ0v) is 16.3. The van der Waals surface area contributed by atoms with E-state index in [2.05, 4.69) is 44.8 Å². The van der Waals surface area contributed by atoms with Crippen LogP contribution in [0.2, 0.25) is 0 Å². The van der Waals surface area contributed by atoms with E-state index < -0.39 is 11.9 Å². The molecule has 0 aromatic heterocycles. The van der Waals surface area contributed by atoms with E-state index in [1.54, 1.807) is 18.2 Å². The Hall–Kier alpha value is -2.60. The van der Waals surface area contributed by atoms with Gasteiger partial charge in [-0.3, -0.25) is 4.99 Å². The summed E-state index contributed by atoms with van der Waals surface area (Å²) in [7, 11) is 0. The van der Waals surface area contributed by atoms with Crippen LogP contribution in [0.4, 0.5) is 10.1 Å². The van der Waals surface area contributed by atoms with Crippen LogP contribution in [-0.4, -0.2) is 43.3 Å². The van der Waals surface area contributed by atoms with Gasteiger partial charge in [0.1, 0.15) is 11.9 Å². The van der Waals surface area contributed by atoms with Crippen molar-refractivity contribution in [2.24, 2.45) is 4.99 Å². The molecular weight excluding hydrogens is 355 g/mol. The molecule has 0 spiro atoms. The summed E-state index contributed by atoms with van der Waals surface area (Å²) in [5.74, 6) is 0.257. The van der Waals surface area contributed by atoms with Crippen LogP contribution in [0, 0.1) is 5.82 Å². The van der Waals surface area contributed by atoms with E-state index in [4.69, 9.17) is 0 Å². The van der Waals surface area contributed by atoms with Gasteiger partial charge >= 0.3 is 0 Å². The van der Waals surface area contributed by atoms with Crippen molar-refractivity contribution in [3.63, 3.8) is 0 Å². The molecule has 0 bridgehead atoms. The third-order valence-corrected chi connectivity index (χ3v) is 4.99. The van der Waals surface area contributed by atoms with Gasteiger partial charge in [-0.25, -0.2) is 4.39 Å². The first kappa shape index (κ1) is 20.1. The van der Waals surface area contributed by atoms with E-state index in [1.165, 1.54) is 11.8 Å². The average molecular weight is 384 g/mol. The third kappa shape index (κ3) is 5.45. The quantitative estimate of drug-likeness (QED) is 0.529. The molecule has 1 atom stereocenters. The molecule has 1 fully saturated rings. The van der Waals surface area contributed by atoms with Gasteiger partial charge in [0.15, 0.2) is 5.96 Å². The lowest BCUT2D eigenvalue weighted by Gasteiger charge is -2.34. The second-order valence-corrected chi connectivity index (χ2v) is 7.00. The molecule has 2 aromatic carbocycles. The number of piperidine rings is 1. The Kier molecular flexibility index (Phi) is 7.25. The summed E-state index contributed by atoms with van der Waals surface area (Å²) >= 11 is 0. The Morgan fingerprint density at radius 1 is 1.14 bits per heavy atom. The zero-order chi connectivity index (χ0) is 19.8. The zero-order valence-electron chi connectivity index (χ0n) is 16.3. The summed E-state index contributed by atoms with van der Waals surface area (Å²) in [6.45, 7) is 4.81. The van der Waals surface area contributed by atoms with Crippen molar-refractivity contribution in [1.82, 2.24) is 10.6 Å². The molecule has 0 amide bonds. The van der Waals surface area contributed by atoms with Crippen molar-refractivity contribution < 1.29 is 9.50 Å². The van der Waals surface area contributed by atoms with Crippen molar-refractivity contribution in [3.05, 3.63) is 66.0 Å². The Morgan fingerprint density at radius 3 is 2.50 bits per heavy atom. The molecule has 1 unspecified atom stereocenters. The highest BCUT2D eigenvalue weighted by Gasteiger charge is 2.20. The summed E-state index contributed by atoms with van der Waals surface area (Å²) in [6, 6.07) is 17.1. The van der Waals surface area contributed by atoms with Crippen LogP contribution in [0.15, 0.2) is 59.6 Å². The SMILES string of the molecule is CCNC(=NCC(O)c1ccccc1F)NC1CCN(c2ccccc2)CC1. The number of aliphatic hydroxyl groups excluding tert-OH is 1. The number of nitrogens with one attached hydrogen (secondary N) is 2. The molecule has 1 heterocycles. The summed E-state index contributed by atoms with van der Waals surface area (Å²) in [4.78, 5) is 6.86. The highest BCUT2D eigenvalue weighted by molar-refractivity contribution is 5.80. The Morgan fingerprint density at radius 2 is 1.82 bits per heavy atom. The number of rotatable bonds is 6. The molecule has 6 heteroatoms. The van der Waals surface area contributed by atoms with Crippen LogP contribution >= 0.6 is 0 Å². The van der Waals surface area contributed by atoms with E-state index in [0.717, 1.165) is 32.5 Å². The molecule has 1 aliphatic heterocycles. The van der Waals surface area contributed by atoms with Gasteiger partial charge < -0.3 is 20.6 Å². The van der Waals surface area contributed by atoms with Gasteiger partial charge in [-0.1, -0.05) is 36.4 Å². The molecule has 150 valence electrons. The van der Waals surface area contributed by atoms with Gasteiger partial charge in [0, 0.05) is 36.9 Å². The normalized spacial score (nSPS) is 16.7. The van der Waals surface area contributed by atoms with Crippen LogP contribution in [0.1, 0.15) is 31.4 Å². The fraction of sp³-hybridized carbons (Fsp3) is 0.409. The smallest absolute Gasteiger partial charge is 0.191 e. The number of nitrogens with zero attached hydrogens (tertiary/aromatic N) is 2. The molecule has 3 rings (SSSR count). The monoisotopic (exact) mass is 384 g/mol. The number of hydrogen-bond donors (Lipinski definition) is 3. The van der Waals surface area contributed by atoms with Crippen LogP contribution in [-0.2, 0) is 0 Å². The summed E-state index contributed by atoms with van der Waals surface area (Å²) in [5.41, 5.74) is 1.54. The highest BCUT2D eigenvalue weighted by Crippen LogP contribution is 2.20. The van der Waals surface area contributed by atoms with E-state index in [0.29, 0.717) is 12.0 Å². The Labute approximate surface area is 166 Å². The Balaban J connectivity index is 1.54. The molecule has 28 heavy (non-hydrogen) atoms. The molecule has 0 saturated carbocycles. The van der Waals surface area contributed by atoms with E-state index in [-0.39, 0.29) is 12.1 Å². The minimum Gasteiger partial charge on any atom is -0.386 e. The second-order valence-electron chi connectivity index (χ2n) is 7.00. The lowest BCUT2D eigenvalue weighted by atomic mass is 10.0. The Bertz CT molecular complexity index is 760. The molecule has 3 N–H and O–H groups in total. The van der Waals surface area contributed by atoms with Crippen molar-refractivity contribution in [2.75, 3.05) is 31.1 Å². The molecular formula is C22H29FN4O. The van der Waals surface area contributed by atoms with Crippen molar-refractivity contribution in [1.29, 1.82) is 0 Å². The van der Waals surface area contributed by atoms with Crippen LogP contribution in [0.3, 0.4) is 0 Å². The van der Waals surface area contributed by atoms with E-state index >= 15 is 0 Å². The van der Waals surface area contributed by atoms with Gasteiger partial charge in [-0.15, -0.1) is 0 Å². The van der Waals surface area contributed by atoms with Gasteiger partial charge in [0.05, 0.1) is 6.54 Å². The largest absolute Gasteiger partial charge is 0.386 e. The van der Waals surface area contributed by atoms with Crippen molar-refractivity contribution in [2.45, 2.75) is 31.9 Å². The number of anilines is 1. The fourth-order valence-electron chi connectivity index (χ4n) is 3.46. The molecule has 2 aromatic rings. The predicted octanol–water partition coefficient (Wildman–Crippen LogP) is 3.08. The first-order valence-corrected chi connectivity index (χ1v) is 9.94. The molecule has 5 nitrogen and oxygen atoms in total. The summed E-state index contributed by atoms with van der Waals surface area (Å²) in [6.07, 6.45) is 1.06. The highest BCUT2D eigenvalue weighted by atomic mass is 19.1. The number of benzene rings is 2. The van der Waals surface area contributed by atoms with Crippen LogP contribution in [0.5, 0.6) is 0 Å². The maximum absolute atomic E-state index is 13.8. The summed E-state index contributed by atoms with van der Waals surface area (Å²) in [5, 5.41) is 16.9. The van der Waals surface area contributed by atoms with E-state index in [9.17, 15) is 9.50 Å². The first-order valence-electron chi connectivity index (χ1n) is 9.94. The van der Waals surface area contributed by atoms with Gasteiger partial charge in [-0.05, 0) is 38.0 Å². The minimum atomic E-state index is -0.961. The van der Waals surface area contributed by atoms with Crippen LogP contribution in [0.25, 0.3) is 0 Å². The predicted molar refractivity (Wildman–Crippen MR) is 112 cm³/mol. The lowest BCUT2D eigenvalue weighted by Crippen LogP contribution is -2.48. The van der Waals surface area contributed by atoms with Crippen molar-refractivity contribution >= 4 is 11.6 Å². The fourth-order valence-corrected chi connectivity index (χ4v) is 3.46. The molecule has 1 aliphatic rings. The van der Waals surface area contributed by atoms with E-state index in [1.807, 2.05) is 13.0 Å². The number of guanidine groups is 1. The molecule has 1 saturated heterocycles. The first-order chi connectivity index (χ1) is 13.7. The summed E-state index contributed by atoms with van der Waals surface area (Å²) < 4.78 is 13.8. The van der Waals surface area contributed by atoms with Gasteiger partial charge in [0.2, 0.25) is 0 Å². The van der Waals surface area contributed by atoms with Crippen molar-refractivity contribution in [3.8, 4) is 0 Å². The number of hydrogen-bond acceptors (Lipinski definition) is 3. The molecule has 0 radical (unpaired) electrons. The number of aliphatic imine (C=N–C) groups is 1. The number of halogens is 1. The lowest BCUT2D eigenvalue weighted by molar-refractivity contribution is 0.182. The maximum atomic E-state index is 13.8. The standard InChI is InChI=1S/C22H29FN4O/c1-2-24-22(25-16-21(28)19-10-6-7-11-20(19)23)26-17-12-14-27(15-13-17)18-8-4-3-5-9-18/h3-11,17,21,28H,2,12-16H2,1H3,(H2,24,25,26).